The molecule has 30 heavy (non-hydrogen) atoms. The number of hydrogen-bond donors (Lipinski definition) is 1. The first-order valence-corrected chi connectivity index (χ1v) is 11.7. The Labute approximate surface area is 198 Å². The lowest BCUT2D eigenvalue weighted by atomic mass is 10.1. The van der Waals surface area contributed by atoms with E-state index in [4.69, 9.17) is 9.47 Å². The molecule has 7 heteroatoms. The smallest absolute Gasteiger partial charge is 0.255 e. The van der Waals surface area contributed by atoms with Crippen molar-refractivity contribution in [2.45, 2.75) is 0 Å². The minimum Gasteiger partial charge on any atom is -0.492 e. The van der Waals surface area contributed by atoms with Crippen molar-refractivity contribution in [2.24, 2.45) is 0 Å². The van der Waals surface area contributed by atoms with Gasteiger partial charge in [0.25, 0.3) is 5.91 Å². The van der Waals surface area contributed by atoms with Crippen LogP contribution in [-0.4, -0.2) is 50.3 Å². The first-order valence-electron chi connectivity index (χ1n) is 9.82. The Morgan fingerprint density at radius 1 is 1.10 bits per heavy atom. The van der Waals surface area contributed by atoms with Crippen LogP contribution < -0.4 is 10.1 Å². The molecule has 156 valence electrons. The van der Waals surface area contributed by atoms with Gasteiger partial charge < -0.3 is 14.8 Å². The Balaban J connectivity index is 1.50. The average Bonchev–Trinajstić information content (AvgIpc) is 2.75. The van der Waals surface area contributed by atoms with E-state index in [1.165, 1.54) is 0 Å². The van der Waals surface area contributed by atoms with Crippen LogP contribution in [0.15, 0.2) is 59.1 Å². The fourth-order valence-electron chi connectivity index (χ4n) is 3.50. The van der Waals surface area contributed by atoms with Crippen molar-refractivity contribution in [3.05, 3.63) is 68.2 Å². The standard InChI is InChI=1S/C23H22BrIN2O3/c24-17-13-16(14-18(25)15-17)23(28)26-21-5-6-22(20-4-2-1-3-19(20)21)30-12-9-27-7-10-29-11-8-27/h1-6,13-15H,7-12H2,(H,26,28). The Bertz CT molecular complexity index is 1030. The number of anilines is 1. The van der Waals surface area contributed by atoms with E-state index in [9.17, 15) is 4.79 Å². The summed E-state index contributed by atoms with van der Waals surface area (Å²) in [5.74, 6) is 0.689. The molecule has 0 unspecified atom stereocenters. The molecular weight excluding hydrogens is 559 g/mol. The van der Waals surface area contributed by atoms with Gasteiger partial charge in [-0.2, -0.15) is 0 Å². The summed E-state index contributed by atoms with van der Waals surface area (Å²) in [6.45, 7) is 4.96. The van der Waals surface area contributed by atoms with Gasteiger partial charge in [-0.05, 0) is 52.9 Å². The molecule has 3 aromatic rings. The summed E-state index contributed by atoms with van der Waals surface area (Å²) in [5, 5.41) is 4.99. The van der Waals surface area contributed by atoms with Crippen molar-refractivity contribution in [2.75, 3.05) is 44.8 Å². The molecule has 1 saturated heterocycles. The van der Waals surface area contributed by atoms with E-state index in [-0.39, 0.29) is 5.91 Å². The van der Waals surface area contributed by atoms with Crippen LogP contribution in [0.5, 0.6) is 5.75 Å². The number of halogens is 2. The predicted molar refractivity (Wildman–Crippen MR) is 132 cm³/mol. The molecular formula is C23H22BrIN2O3. The highest BCUT2D eigenvalue weighted by Gasteiger charge is 2.13. The number of hydrogen-bond acceptors (Lipinski definition) is 4. The zero-order valence-electron chi connectivity index (χ0n) is 16.4. The van der Waals surface area contributed by atoms with Gasteiger partial charge in [0.2, 0.25) is 0 Å². The fraction of sp³-hybridized carbons (Fsp3) is 0.261. The third-order valence-electron chi connectivity index (χ3n) is 5.03. The second-order valence-electron chi connectivity index (χ2n) is 7.07. The van der Waals surface area contributed by atoms with Crippen LogP contribution >= 0.6 is 38.5 Å². The first kappa shape index (κ1) is 21.5. The molecule has 0 saturated carbocycles. The zero-order chi connectivity index (χ0) is 20.9. The summed E-state index contributed by atoms with van der Waals surface area (Å²) >= 11 is 5.66. The van der Waals surface area contributed by atoms with E-state index in [1.54, 1.807) is 0 Å². The normalized spacial score (nSPS) is 14.6. The highest BCUT2D eigenvalue weighted by molar-refractivity contribution is 14.1. The molecule has 0 spiro atoms. The number of nitrogens with zero attached hydrogens (tertiary/aromatic N) is 1. The minimum absolute atomic E-state index is 0.139. The first-order chi connectivity index (χ1) is 14.6. The molecule has 0 bridgehead atoms. The fourth-order valence-corrected chi connectivity index (χ4v) is 5.09. The predicted octanol–water partition coefficient (Wildman–Crippen LogP) is 5.17. The van der Waals surface area contributed by atoms with E-state index >= 15 is 0 Å². The van der Waals surface area contributed by atoms with E-state index in [1.807, 2.05) is 54.6 Å². The lowest BCUT2D eigenvalue weighted by Gasteiger charge is -2.26. The van der Waals surface area contributed by atoms with Crippen LogP contribution in [0.1, 0.15) is 10.4 Å². The second kappa shape index (κ2) is 10.1. The summed E-state index contributed by atoms with van der Waals surface area (Å²) in [7, 11) is 0. The SMILES string of the molecule is O=C(Nc1ccc(OCCN2CCOCC2)c2ccccc12)c1cc(Br)cc(I)c1. The van der Waals surface area contributed by atoms with Crippen molar-refractivity contribution < 1.29 is 14.3 Å². The van der Waals surface area contributed by atoms with Crippen LogP contribution in [-0.2, 0) is 4.74 Å². The molecule has 0 atom stereocenters. The van der Waals surface area contributed by atoms with Crippen LogP contribution in [0.2, 0.25) is 0 Å². The molecule has 1 aliphatic heterocycles. The number of ether oxygens (including phenoxy) is 2. The molecule has 0 aromatic heterocycles. The maximum absolute atomic E-state index is 12.8. The lowest BCUT2D eigenvalue weighted by Crippen LogP contribution is -2.38. The summed E-state index contributed by atoms with van der Waals surface area (Å²) < 4.78 is 13.4. The van der Waals surface area contributed by atoms with Gasteiger partial charge in [-0.3, -0.25) is 9.69 Å². The molecule has 1 amide bonds. The van der Waals surface area contributed by atoms with Crippen molar-refractivity contribution in [3.63, 3.8) is 0 Å². The van der Waals surface area contributed by atoms with Crippen LogP contribution in [0.25, 0.3) is 10.8 Å². The van der Waals surface area contributed by atoms with Gasteiger partial charge in [0, 0.05) is 49.7 Å². The number of carbonyl (C=O) groups is 1. The number of nitrogens with one attached hydrogen (secondary N) is 1. The zero-order valence-corrected chi connectivity index (χ0v) is 20.1. The Morgan fingerprint density at radius 2 is 1.87 bits per heavy atom. The van der Waals surface area contributed by atoms with Gasteiger partial charge in [0.05, 0.1) is 13.2 Å². The number of benzene rings is 3. The van der Waals surface area contributed by atoms with E-state index in [0.717, 1.165) is 63.1 Å². The number of morpholine rings is 1. The lowest BCUT2D eigenvalue weighted by molar-refractivity contribution is 0.0323. The molecule has 0 radical (unpaired) electrons. The third kappa shape index (κ3) is 5.32. The van der Waals surface area contributed by atoms with Crippen molar-refractivity contribution >= 4 is 60.9 Å². The van der Waals surface area contributed by atoms with Gasteiger partial charge in [-0.15, -0.1) is 0 Å². The van der Waals surface area contributed by atoms with Gasteiger partial charge in [-0.25, -0.2) is 0 Å². The number of fused-ring (bicyclic) bond motifs is 1. The van der Waals surface area contributed by atoms with Crippen LogP contribution in [0, 0.1) is 3.57 Å². The van der Waals surface area contributed by atoms with Crippen molar-refractivity contribution in [1.29, 1.82) is 0 Å². The largest absolute Gasteiger partial charge is 0.492 e. The van der Waals surface area contributed by atoms with Gasteiger partial charge >= 0.3 is 0 Å². The highest BCUT2D eigenvalue weighted by Crippen LogP contribution is 2.32. The van der Waals surface area contributed by atoms with E-state index in [2.05, 4.69) is 48.7 Å². The van der Waals surface area contributed by atoms with E-state index < -0.39 is 0 Å². The van der Waals surface area contributed by atoms with Gasteiger partial charge in [0.15, 0.2) is 0 Å². The molecule has 3 aromatic carbocycles. The van der Waals surface area contributed by atoms with Gasteiger partial charge in [-0.1, -0.05) is 40.2 Å². The molecule has 5 nitrogen and oxygen atoms in total. The molecule has 1 aliphatic rings. The maximum atomic E-state index is 12.8. The molecule has 1 N–H and O–H groups in total. The Kier molecular flexibility index (Phi) is 7.24. The summed E-state index contributed by atoms with van der Waals surface area (Å²) in [6, 6.07) is 17.5. The quantitative estimate of drug-likeness (QED) is 0.409. The summed E-state index contributed by atoms with van der Waals surface area (Å²) in [6.07, 6.45) is 0. The Hall–Kier alpha value is -1.68. The van der Waals surface area contributed by atoms with Crippen molar-refractivity contribution in [3.8, 4) is 5.75 Å². The molecule has 1 fully saturated rings. The monoisotopic (exact) mass is 580 g/mol. The van der Waals surface area contributed by atoms with Gasteiger partial charge in [0.1, 0.15) is 12.4 Å². The number of rotatable bonds is 6. The van der Waals surface area contributed by atoms with Crippen molar-refractivity contribution in [1.82, 2.24) is 4.90 Å². The molecule has 4 rings (SSSR count). The summed E-state index contributed by atoms with van der Waals surface area (Å²) in [4.78, 5) is 15.2. The van der Waals surface area contributed by atoms with Crippen LogP contribution in [0.3, 0.4) is 0 Å². The number of amides is 1. The number of carbonyl (C=O) groups excluding carboxylic acids is 1. The van der Waals surface area contributed by atoms with Crippen LogP contribution in [0.4, 0.5) is 5.69 Å². The Morgan fingerprint density at radius 3 is 2.63 bits per heavy atom. The minimum atomic E-state index is -0.139. The molecule has 0 aliphatic carbocycles. The maximum Gasteiger partial charge on any atom is 0.255 e. The third-order valence-corrected chi connectivity index (χ3v) is 6.11. The highest BCUT2D eigenvalue weighted by atomic mass is 127. The second-order valence-corrected chi connectivity index (χ2v) is 9.23. The molecule has 1 heterocycles. The van der Waals surface area contributed by atoms with E-state index in [0.29, 0.717) is 12.2 Å². The topological polar surface area (TPSA) is 50.8 Å². The average molecular weight is 581 g/mol. The summed E-state index contributed by atoms with van der Waals surface area (Å²) in [5.41, 5.74) is 1.38.